The molecule has 0 fully saturated rings. The number of hydrogen-bond donors (Lipinski definition) is 0. The number of ether oxygens (including phenoxy) is 2. The molecule has 5 heteroatoms. The zero-order valence-electron chi connectivity index (χ0n) is 10.4. The molecule has 1 aromatic rings. The minimum absolute atomic E-state index is 0.738. The van der Waals surface area contributed by atoms with Crippen molar-refractivity contribution in [2.75, 3.05) is 28.4 Å². The number of methoxy groups -OCH3 is 2. The average molecular weight is 242 g/mol. The predicted molar refractivity (Wildman–Crippen MR) is 64.8 cm³/mol. The van der Waals surface area contributed by atoms with Crippen molar-refractivity contribution < 1.29 is 18.3 Å². The summed E-state index contributed by atoms with van der Waals surface area (Å²) in [6, 6.07) is 5.66. The van der Waals surface area contributed by atoms with Gasteiger partial charge < -0.3 is 18.3 Å². The van der Waals surface area contributed by atoms with E-state index in [-0.39, 0.29) is 0 Å². The second kappa shape index (κ2) is 5.34. The van der Waals surface area contributed by atoms with Crippen LogP contribution in [0.3, 0.4) is 0 Å². The SMILES string of the molecule is COc1cc(OC)cc([Si](C)(OC)OC)c1. The van der Waals surface area contributed by atoms with Gasteiger partial charge in [-0.05, 0) is 18.7 Å². The first-order valence-corrected chi connectivity index (χ1v) is 7.25. The maximum Gasteiger partial charge on any atom is 0.369 e. The van der Waals surface area contributed by atoms with Crippen molar-refractivity contribution in [2.24, 2.45) is 0 Å². The highest BCUT2D eigenvalue weighted by Crippen LogP contribution is 2.20. The van der Waals surface area contributed by atoms with Crippen LogP contribution in [0.25, 0.3) is 0 Å². The topological polar surface area (TPSA) is 36.9 Å². The van der Waals surface area contributed by atoms with E-state index in [0.29, 0.717) is 0 Å². The van der Waals surface area contributed by atoms with Gasteiger partial charge in [-0.1, -0.05) is 0 Å². The summed E-state index contributed by atoms with van der Waals surface area (Å²) in [5.41, 5.74) is 0. The van der Waals surface area contributed by atoms with Gasteiger partial charge in [0, 0.05) is 25.5 Å². The van der Waals surface area contributed by atoms with Gasteiger partial charge in [0.05, 0.1) is 14.2 Å². The monoisotopic (exact) mass is 242 g/mol. The Kier molecular flexibility index (Phi) is 4.34. The average Bonchev–Trinajstić information content (AvgIpc) is 2.36. The predicted octanol–water partition coefficient (Wildman–Crippen LogP) is 1.28. The van der Waals surface area contributed by atoms with Crippen molar-refractivity contribution in [3.05, 3.63) is 18.2 Å². The minimum atomic E-state index is -2.33. The van der Waals surface area contributed by atoms with E-state index in [4.69, 9.17) is 18.3 Å². The molecule has 0 saturated heterocycles. The molecular formula is C11H18O4Si. The molecule has 0 radical (unpaired) electrons. The van der Waals surface area contributed by atoms with Crippen LogP contribution in [0.5, 0.6) is 11.5 Å². The van der Waals surface area contributed by atoms with Crippen molar-refractivity contribution >= 4 is 13.7 Å². The molecule has 16 heavy (non-hydrogen) atoms. The van der Waals surface area contributed by atoms with E-state index in [9.17, 15) is 0 Å². The first kappa shape index (κ1) is 13.0. The molecule has 0 spiro atoms. The van der Waals surface area contributed by atoms with Crippen molar-refractivity contribution in [3.8, 4) is 11.5 Å². The van der Waals surface area contributed by atoms with Crippen molar-refractivity contribution in [3.63, 3.8) is 0 Å². The summed E-state index contributed by atoms with van der Waals surface area (Å²) in [4.78, 5) is 0. The zero-order valence-corrected chi connectivity index (χ0v) is 11.4. The highest BCUT2D eigenvalue weighted by Gasteiger charge is 2.32. The van der Waals surface area contributed by atoms with Crippen LogP contribution in [0.15, 0.2) is 18.2 Å². The van der Waals surface area contributed by atoms with Gasteiger partial charge in [-0.15, -0.1) is 0 Å². The fraction of sp³-hybridized carbons (Fsp3) is 0.455. The lowest BCUT2D eigenvalue weighted by Gasteiger charge is -2.23. The van der Waals surface area contributed by atoms with Crippen LogP contribution in [0.4, 0.5) is 0 Å². The smallest absolute Gasteiger partial charge is 0.369 e. The van der Waals surface area contributed by atoms with Crippen LogP contribution >= 0.6 is 0 Å². The molecule has 0 atom stereocenters. The molecule has 1 rings (SSSR count). The molecular weight excluding hydrogens is 224 g/mol. The maximum absolute atomic E-state index is 5.48. The van der Waals surface area contributed by atoms with Crippen molar-refractivity contribution in [2.45, 2.75) is 6.55 Å². The lowest BCUT2D eigenvalue weighted by atomic mass is 10.3. The molecule has 0 bridgehead atoms. The molecule has 0 heterocycles. The molecule has 0 aliphatic rings. The number of hydrogen-bond acceptors (Lipinski definition) is 4. The molecule has 0 amide bonds. The second-order valence-electron chi connectivity index (χ2n) is 3.46. The fourth-order valence-electron chi connectivity index (χ4n) is 1.39. The standard InChI is InChI=1S/C11H18O4Si/c1-12-9-6-10(13-2)8-11(7-9)16(5,14-3)15-4/h6-8H,1-5H3. The molecule has 0 aromatic heterocycles. The summed E-state index contributed by atoms with van der Waals surface area (Å²) in [6.45, 7) is 1.97. The molecule has 0 unspecified atom stereocenters. The molecule has 4 nitrogen and oxygen atoms in total. The molecule has 90 valence electrons. The molecule has 0 N–H and O–H groups in total. The summed E-state index contributed by atoms with van der Waals surface area (Å²) in [5, 5.41) is 0.980. The highest BCUT2D eigenvalue weighted by molar-refractivity contribution is 6.80. The third-order valence-corrected chi connectivity index (χ3v) is 5.55. The van der Waals surface area contributed by atoms with Crippen LogP contribution < -0.4 is 14.7 Å². The van der Waals surface area contributed by atoms with Crippen LogP contribution in [-0.4, -0.2) is 37.0 Å². The van der Waals surface area contributed by atoms with E-state index < -0.39 is 8.56 Å². The van der Waals surface area contributed by atoms with Gasteiger partial charge in [0.1, 0.15) is 11.5 Å². The normalized spacial score (nSPS) is 11.3. The first-order chi connectivity index (χ1) is 7.59. The van der Waals surface area contributed by atoms with Gasteiger partial charge in [-0.3, -0.25) is 0 Å². The third-order valence-electron chi connectivity index (χ3n) is 2.65. The van der Waals surface area contributed by atoms with Crippen molar-refractivity contribution in [1.82, 2.24) is 0 Å². The van der Waals surface area contributed by atoms with Gasteiger partial charge in [-0.2, -0.15) is 0 Å². The Hall–Kier alpha value is -1.04. The summed E-state index contributed by atoms with van der Waals surface area (Å²) in [6.07, 6.45) is 0. The molecule has 0 aliphatic carbocycles. The van der Waals surface area contributed by atoms with Crippen LogP contribution in [0.1, 0.15) is 0 Å². The maximum atomic E-state index is 5.48. The van der Waals surface area contributed by atoms with Crippen LogP contribution in [0, 0.1) is 0 Å². The van der Waals surface area contributed by atoms with Crippen molar-refractivity contribution in [1.29, 1.82) is 0 Å². The Morgan fingerprint density at radius 2 is 1.25 bits per heavy atom. The molecule has 0 saturated carbocycles. The third kappa shape index (κ3) is 2.55. The van der Waals surface area contributed by atoms with Gasteiger partial charge in [-0.25, -0.2) is 0 Å². The second-order valence-corrected chi connectivity index (χ2v) is 6.74. The largest absolute Gasteiger partial charge is 0.497 e. The van der Waals surface area contributed by atoms with E-state index in [1.54, 1.807) is 28.4 Å². The Morgan fingerprint density at radius 3 is 1.56 bits per heavy atom. The highest BCUT2D eigenvalue weighted by atomic mass is 28.4. The minimum Gasteiger partial charge on any atom is -0.497 e. The van der Waals surface area contributed by atoms with Gasteiger partial charge >= 0.3 is 8.56 Å². The molecule has 0 aliphatic heterocycles. The Labute approximate surface area is 97.3 Å². The Bertz CT molecular complexity index is 328. The zero-order chi connectivity index (χ0) is 12.2. The number of benzene rings is 1. The van der Waals surface area contributed by atoms with E-state index in [1.165, 1.54) is 0 Å². The summed E-state index contributed by atoms with van der Waals surface area (Å²) < 4.78 is 21.4. The first-order valence-electron chi connectivity index (χ1n) is 4.93. The Balaban J connectivity index is 3.21. The Morgan fingerprint density at radius 1 is 0.812 bits per heavy atom. The summed E-state index contributed by atoms with van der Waals surface area (Å²) in [7, 11) is 4.22. The quantitative estimate of drug-likeness (QED) is 0.729. The number of rotatable bonds is 5. The van der Waals surface area contributed by atoms with E-state index in [1.807, 2.05) is 24.7 Å². The summed E-state index contributed by atoms with van der Waals surface area (Å²) >= 11 is 0. The van der Waals surface area contributed by atoms with E-state index in [2.05, 4.69) is 0 Å². The molecule has 1 aromatic carbocycles. The fourth-order valence-corrected chi connectivity index (χ4v) is 2.84. The van der Waals surface area contributed by atoms with Gasteiger partial charge in [0.25, 0.3) is 0 Å². The summed E-state index contributed by atoms with van der Waals surface area (Å²) in [5.74, 6) is 1.48. The van der Waals surface area contributed by atoms with E-state index in [0.717, 1.165) is 16.7 Å². The van der Waals surface area contributed by atoms with Crippen LogP contribution in [0.2, 0.25) is 6.55 Å². The van der Waals surface area contributed by atoms with E-state index >= 15 is 0 Å². The van der Waals surface area contributed by atoms with Gasteiger partial charge in [0.2, 0.25) is 0 Å². The lowest BCUT2D eigenvalue weighted by Crippen LogP contribution is -2.49. The van der Waals surface area contributed by atoms with Crippen LogP contribution in [-0.2, 0) is 8.85 Å². The van der Waals surface area contributed by atoms with Gasteiger partial charge in [0.15, 0.2) is 0 Å². The lowest BCUT2D eigenvalue weighted by molar-refractivity contribution is 0.265.